The van der Waals surface area contributed by atoms with Crippen LogP contribution in [-0.4, -0.2) is 18.4 Å². The van der Waals surface area contributed by atoms with Crippen LogP contribution in [0.3, 0.4) is 0 Å². The zero-order valence-electron chi connectivity index (χ0n) is 17.6. The monoisotopic (exact) mass is 523 g/mol. The van der Waals surface area contributed by atoms with E-state index in [-0.39, 0.29) is 18.1 Å². The molecule has 6 nitrogen and oxygen atoms in total. The van der Waals surface area contributed by atoms with Crippen LogP contribution in [0.5, 0.6) is 5.75 Å². The van der Waals surface area contributed by atoms with Gasteiger partial charge in [-0.3, -0.25) is 9.59 Å². The van der Waals surface area contributed by atoms with Gasteiger partial charge in [0.2, 0.25) is 0 Å². The number of anilines is 2. The fourth-order valence-electron chi connectivity index (χ4n) is 2.81. The van der Waals surface area contributed by atoms with Gasteiger partial charge < -0.3 is 15.4 Å². The lowest BCUT2D eigenvalue weighted by Gasteiger charge is -2.11. The number of carbonyl (C=O) groups excluding carboxylic acids is 2. The summed E-state index contributed by atoms with van der Waals surface area (Å²) in [5.74, 6) is -0.369. The van der Waals surface area contributed by atoms with Crippen LogP contribution in [-0.2, 0) is 9.59 Å². The first-order valence-electron chi connectivity index (χ1n) is 9.82. The van der Waals surface area contributed by atoms with Crippen LogP contribution in [0.15, 0.2) is 76.8 Å². The van der Waals surface area contributed by atoms with E-state index in [1.54, 1.807) is 42.5 Å². The predicted octanol–water partition coefficient (Wildman–Crippen LogP) is 5.97. The average Bonchev–Trinajstić information content (AvgIpc) is 2.80. The van der Waals surface area contributed by atoms with E-state index in [9.17, 15) is 14.9 Å². The van der Waals surface area contributed by atoms with Gasteiger partial charge in [-0.2, -0.15) is 5.26 Å². The summed E-state index contributed by atoms with van der Waals surface area (Å²) in [5.41, 5.74) is 2.76. The first kappa shape index (κ1) is 24.1. The van der Waals surface area contributed by atoms with E-state index in [1.165, 1.54) is 6.08 Å². The summed E-state index contributed by atoms with van der Waals surface area (Å²) in [5, 5.41) is 15.4. The Labute approximate surface area is 205 Å². The molecule has 0 bridgehead atoms. The number of nitriles is 1. The Morgan fingerprint density at radius 2 is 1.82 bits per heavy atom. The normalized spacial score (nSPS) is 10.8. The quantitative estimate of drug-likeness (QED) is 0.294. The van der Waals surface area contributed by atoms with E-state index < -0.39 is 5.91 Å². The van der Waals surface area contributed by atoms with Crippen LogP contribution >= 0.6 is 27.5 Å². The lowest BCUT2D eigenvalue weighted by Crippen LogP contribution is -2.20. The fraction of sp³-hybridized carbons (Fsp3) is 0.0800. The molecular weight excluding hydrogens is 506 g/mol. The second-order valence-corrected chi connectivity index (χ2v) is 8.26. The largest absolute Gasteiger partial charge is 0.483 e. The lowest BCUT2D eigenvalue weighted by molar-refractivity contribution is -0.118. The zero-order chi connectivity index (χ0) is 23.8. The number of hydrogen-bond donors (Lipinski definition) is 2. The Balaban J connectivity index is 1.63. The van der Waals surface area contributed by atoms with E-state index >= 15 is 0 Å². The van der Waals surface area contributed by atoms with Crippen molar-refractivity contribution in [3.8, 4) is 11.8 Å². The van der Waals surface area contributed by atoms with E-state index in [4.69, 9.17) is 16.3 Å². The number of nitrogens with one attached hydrogen (secondary N) is 2. The molecule has 0 aromatic heterocycles. The number of rotatable bonds is 7. The molecule has 0 atom stereocenters. The predicted molar refractivity (Wildman–Crippen MR) is 133 cm³/mol. The topological polar surface area (TPSA) is 91.2 Å². The van der Waals surface area contributed by atoms with Crippen molar-refractivity contribution in [2.24, 2.45) is 0 Å². The molecule has 3 rings (SSSR count). The van der Waals surface area contributed by atoms with Gasteiger partial charge in [0.1, 0.15) is 17.4 Å². The van der Waals surface area contributed by atoms with E-state index in [2.05, 4.69) is 26.6 Å². The Morgan fingerprint density at radius 1 is 1.09 bits per heavy atom. The molecule has 2 amide bonds. The van der Waals surface area contributed by atoms with E-state index in [1.807, 2.05) is 37.3 Å². The van der Waals surface area contributed by atoms with Gasteiger partial charge in [0, 0.05) is 16.4 Å². The summed E-state index contributed by atoms with van der Waals surface area (Å²) < 4.78 is 6.18. The number of amides is 2. The highest BCUT2D eigenvalue weighted by Gasteiger charge is 2.11. The third kappa shape index (κ3) is 6.94. The van der Waals surface area contributed by atoms with Crippen molar-refractivity contribution in [2.75, 3.05) is 17.2 Å². The Bertz CT molecular complexity index is 1250. The summed E-state index contributed by atoms with van der Waals surface area (Å²) >= 11 is 9.25. The second-order valence-electron chi connectivity index (χ2n) is 6.97. The summed E-state index contributed by atoms with van der Waals surface area (Å²) in [6, 6.07) is 21.0. The second kappa shape index (κ2) is 11.3. The van der Waals surface area contributed by atoms with Gasteiger partial charge >= 0.3 is 0 Å². The van der Waals surface area contributed by atoms with Gasteiger partial charge in [-0.1, -0.05) is 35.9 Å². The van der Waals surface area contributed by atoms with Gasteiger partial charge in [-0.15, -0.1) is 0 Å². The molecule has 0 heterocycles. The van der Waals surface area contributed by atoms with E-state index in [0.29, 0.717) is 26.5 Å². The minimum atomic E-state index is -0.538. The summed E-state index contributed by atoms with van der Waals surface area (Å²) in [6.45, 7) is 1.74. The van der Waals surface area contributed by atoms with Gasteiger partial charge in [0.25, 0.3) is 11.8 Å². The first-order valence-corrected chi connectivity index (χ1v) is 11.0. The molecule has 0 aliphatic rings. The summed E-state index contributed by atoms with van der Waals surface area (Å²) in [6.07, 6.45) is 1.46. The van der Waals surface area contributed by atoms with Crippen LogP contribution in [0, 0.1) is 18.3 Å². The Morgan fingerprint density at radius 3 is 2.48 bits per heavy atom. The maximum atomic E-state index is 12.4. The van der Waals surface area contributed by atoms with Crippen molar-refractivity contribution < 1.29 is 14.3 Å². The molecule has 3 aromatic rings. The van der Waals surface area contributed by atoms with Crippen molar-refractivity contribution in [3.05, 3.63) is 92.9 Å². The Kier molecular flexibility index (Phi) is 8.25. The molecule has 0 fully saturated rings. The molecule has 3 aromatic carbocycles. The highest BCUT2D eigenvalue weighted by atomic mass is 79.9. The van der Waals surface area contributed by atoms with Crippen molar-refractivity contribution in [1.29, 1.82) is 5.26 Å². The number of carbonyl (C=O) groups is 2. The van der Waals surface area contributed by atoms with Crippen molar-refractivity contribution in [3.63, 3.8) is 0 Å². The van der Waals surface area contributed by atoms with Crippen LogP contribution in [0.4, 0.5) is 11.4 Å². The van der Waals surface area contributed by atoms with Crippen LogP contribution < -0.4 is 15.4 Å². The van der Waals surface area contributed by atoms with Gasteiger partial charge in [-0.05, 0) is 82.5 Å². The maximum absolute atomic E-state index is 12.4. The van der Waals surface area contributed by atoms with Crippen LogP contribution in [0.1, 0.15) is 11.1 Å². The molecule has 0 unspecified atom stereocenters. The van der Waals surface area contributed by atoms with Gasteiger partial charge in [0.05, 0.1) is 4.47 Å². The molecule has 2 N–H and O–H groups in total. The fourth-order valence-corrected chi connectivity index (χ4v) is 3.45. The van der Waals surface area contributed by atoms with Crippen molar-refractivity contribution >= 4 is 56.8 Å². The van der Waals surface area contributed by atoms with Crippen molar-refractivity contribution in [2.45, 2.75) is 6.92 Å². The first-order chi connectivity index (χ1) is 15.9. The molecule has 0 radical (unpaired) electrons. The number of nitrogens with zero attached hydrogens (tertiary/aromatic N) is 1. The smallest absolute Gasteiger partial charge is 0.266 e. The van der Waals surface area contributed by atoms with Gasteiger partial charge in [-0.25, -0.2) is 0 Å². The molecule has 0 aliphatic heterocycles. The van der Waals surface area contributed by atoms with Crippen LogP contribution in [0.2, 0.25) is 5.02 Å². The Hall–Kier alpha value is -3.60. The number of hydrogen-bond acceptors (Lipinski definition) is 4. The third-order valence-corrected chi connectivity index (χ3v) is 5.38. The molecule has 8 heteroatoms. The van der Waals surface area contributed by atoms with Crippen molar-refractivity contribution in [1.82, 2.24) is 0 Å². The molecule has 0 saturated heterocycles. The average molecular weight is 525 g/mol. The number of ether oxygens (including phenoxy) is 1. The number of aryl methyl sites for hydroxylation is 1. The lowest BCUT2D eigenvalue weighted by atomic mass is 10.1. The molecule has 33 heavy (non-hydrogen) atoms. The molecular formula is C25H19BrClN3O3. The summed E-state index contributed by atoms with van der Waals surface area (Å²) in [4.78, 5) is 24.6. The zero-order valence-corrected chi connectivity index (χ0v) is 19.9. The number of para-hydroxylation sites is 1. The van der Waals surface area contributed by atoms with Crippen LogP contribution in [0.25, 0.3) is 6.08 Å². The highest BCUT2D eigenvalue weighted by molar-refractivity contribution is 9.10. The SMILES string of the molecule is Cc1ccccc1NC(=O)COc1ccc(/C=C(/C#N)C(=O)Nc2ccc(Cl)cc2)cc1Br. The standard InChI is InChI=1S/C25H19BrClN3O3/c1-16-4-2-3-5-22(16)30-24(31)15-33-23-11-6-17(13-21(23)26)12-18(14-28)25(32)29-20-9-7-19(27)8-10-20/h2-13H,15H2,1H3,(H,29,32)(H,30,31)/b18-12-. The van der Waals surface area contributed by atoms with Gasteiger partial charge in [0.15, 0.2) is 6.61 Å². The highest BCUT2D eigenvalue weighted by Crippen LogP contribution is 2.27. The molecule has 0 aliphatic carbocycles. The number of benzene rings is 3. The third-order valence-electron chi connectivity index (χ3n) is 4.51. The van der Waals surface area contributed by atoms with E-state index in [0.717, 1.165) is 11.3 Å². The number of halogens is 2. The summed E-state index contributed by atoms with van der Waals surface area (Å²) in [7, 11) is 0. The molecule has 0 spiro atoms. The maximum Gasteiger partial charge on any atom is 0.266 e. The molecule has 0 saturated carbocycles. The minimum Gasteiger partial charge on any atom is -0.483 e. The minimum absolute atomic E-state index is 0.0665. The molecule has 166 valence electrons.